The number of nitrogens with zero attached hydrogens (tertiary/aromatic N) is 1. The molecule has 0 aliphatic heterocycles. The van der Waals surface area contributed by atoms with E-state index in [0.717, 1.165) is 33.7 Å². The van der Waals surface area contributed by atoms with Crippen molar-refractivity contribution in [1.29, 1.82) is 0 Å². The zero-order valence-electron chi connectivity index (χ0n) is 15.4. The summed E-state index contributed by atoms with van der Waals surface area (Å²) in [4.78, 5) is 22.7. The lowest BCUT2D eigenvalue weighted by Crippen LogP contribution is -2.09. The van der Waals surface area contributed by atoms with Crippen LogP contribution in [0, 0.1) is 6.92 Å². The van der Waals surface area contributed by atoms with Crippen molar-refractivity contribution in [2.24, 2.45) is 0 Å². The van der Waals surface area contributed by atoms with E-state index in [4.69, 9.17) is 9.84 Å². The van der Waals surface area contributed by atoms with Crippen molar-refractivity contribution in [2.75, 3.05) is 6.61 Å². The summed E-state index contributed by atoms with van der Waals surface area (Å²) in [5, 5.41) is 10.5. The molecule has 1 N–H and O–H groups in total. The highest BCUT2D eigenvalue weighted by Gasteiger charge is 2.18. The molecule has 0 saturated carbocycles. The van der Waals surface area contributed by atoms with Crippen molar-refractivity contribution in [3.05, 3.63) is 77.4 Å². The summed E-state index contributed by atoms with van der Waals surface area (Å²) in [5.74, 6) is -0.585. The Hall–Kier alpha value is -3.60. The second-order valence-corrected chi connectivity index (χ2v) is 6.77. The van der Waals surface area contributed by atoms with Gasteiger partial charge in [-0.2, -0.15) is 0 Å². The molecule has 140 valence electrons. The molecule has 0 saturated heterocycles. The molecule has 0 unspecified atom stereocenters. The fraction of sp³-hybridized carbons (Fsp3) is 0.130. The standard InChI is InChI=1S/C23H19NO4/c1-15-5-2-6-16(11-15)12-24-18-8-3-7-17(13-25)22(18)23-19(24)9-4-10-20(23)28-14-21(26)27/h2-11,13H,12,14H2,1H3,(H,26,27). The first-order chi connectivity index (χ1) is 13.6. The minimum absolute atomic E-state index is 0.438. The van der Waals surface area contributed by atoms with Gasteiger partial charge in [0.2, 0.25) is 0 Å². The van der Waals surface area contributed by atoms with E-state index in [2.05, 4.69) is 29.7 Å². The van der Waals surface area contributed by atoms with E-state index in [1.54, 1.807) is 12.1 Å². The van der Waals surface area contributed by atoms with Crippen molar-refractivity contribution >= 4 is 34.1 Å². The largest absolute Gasteiger partial charge is 0.481 e. The predicted molar refractivity (Wildman–Crippen MR) is 108 cm³/mol. The van der Waals surface area contributed by atoms with Crippen molar-refractivity contribution in [2.45, 2.75) is 13.5 Å². The predicted octanol–water partition coefficient (Wildman–Crippen LogP) is 4.43. The lowest BCUT2D eigenvalue weighted by atomic mass is 10.1. The van der Waals surface area contributed by atoms with Gasteiger partial charge in [0.05, 0.1) is 16.4 Å². The molecule has 0 amide bonds. The van der Waals surface area contributed by atoms with Gasteiger partial charge in [0, 0.05) is 17.5 Å². The summed E-state index contributed by atoms with van der Waals surface area (Å²) in [6.07, 6.45) is 0.826. The van der Waals surface area contributed by atoms with Gasteiger partial charge >= 0.3 is 5.97 Å². The molecule has 3 aromatic carbocycles. The molecule has 5 heteroatoms. The van der Waals surface area contributed by atoms with Crippen LogP contribution in [-0.4, -0.2) is 28.5 Å². The van der Waals surface area contributed by atoms with E-state index in [1.165, 1.54) is 5.56 Å². The smallest absolute Gasteiger partial charge is 0.341 e. The van der Waals surface area contributed by atoms with Gasteiger partial charge in [-0.25, -0.2) is 4.79 Å². The van der Waals surface area contributed by atoms with Crippen LogP contribution in [0.3, 0.4) is 0 Å². The second-order valence-electron chi connectivity index (χ2n) is 6.77. The number of carbonyl (C=O) groups excluding carboxylic acids is 1. The molecular weight excluding hydrogens is 354 g/mol. The van der Waals surface area contributed by atoms with Gasteiger partial charge in [-0.15, -0.1) is 0 Å². The maximum absolute atomic E-state index is 11.7. The normalized spacial score (nSPS) is 11.0. The van der Waals surface area contributed by atoms with Gasteiger partial charge in [0.1, 0.15) is 5.75 Å². The number of carboxylic acids is 1. The number of hydrogen-bond donors (Lipinski definition) is 1. The Labute approximate surface area is 161 Å². The van der Waals surface area contributed by atoms with E-state index in [-0.39, 0.29) is 0 Å². The Morgan fingerprint density at radius 1 is 1.04 bits per heavy atom. The van der Waals surface area contributed by atoms with Gasteiger partial charge < -0.3 is 14.4 Å². The first-order valence-corrected chi connectivity index (χ1v) is 8.97. The zero-order chi connectivity index (χ0) is 19.7. The van der Waals surface area contributed by atoms with Gasteiger partial charge in [-0.3, -0.25) is 4.79 Å². The molecule has 0 bridgehead atoms. The molecule has 4 rings (SSSR count). The van der Waals surface area contributed by atoms with Crippen LogP contribution in [0.25, 0.3) is 21.8 Å². The summed E-state index contributed by atoms with van der Waals surface area (Å²) in [5.41, 5.74) is 4.68. The van der Waals surface area contributed by atoms with Crippen molar-refractivity contribution < 1.29 is 19.4 Å². The third kappa shape index (κ3) is 3.11. The van der Waals surface area contributed by atoms with Crippen LogP contribution >= 0.6 is 0 Å². The van der Waals surface area contributed by atoms with Gasteiger partial charge in [0.25, 0.3) is 0 Å². The lowest BCUT2D eigenvalue weighted by Gasteiger charge is -2.09. The van der Waals surface area contributed by atoms with Gasteiger partial charge in [-0.1, -0.05) is 48.0 Å². The number of aldehydes is 1. The number of aromatic nitrogens is 1. The van der Waals surface area contributed by atoms with Crippen molar-refractivity contribution in [1.82, 2.24) is 4.57 Å². The fourth-order valence-electron chi connectivity index (χ4n) is 3.70. The van der Waals surface area contributed by atoms with Gasteiger partial charge in [-0.05, 0) is 30.7 Å². The Morgan fingerprint density at radius 3 is 2.46 bits per heavy atom. The van der Waals surface area contributed by atoms with E-state index < -0.39 is 12.6 Å². The maximum Gasteiger partial charge on any atom is 0.341 e. The molecule has 5 nitrogen and oxygen atoms in total. The highest BCUT2D eigenvalue weighted by Crippen LogP contribution is 2.37. The van der Waals surface area contributed by atoms with E-state index in [9.17, 15) is 9.59 Å². The van der Waals surface area contributed by atoms with Crippen LogP contribution in [0.5, 0.6) is 5.75 Å². The maximum atomic E-state index is 11.7. The van der Waals surface area contributed by atoms with E-state index in [0.29, 0.717) is 17.9 Å². The Kier molecular flexibility index (Phi) is 4.57. The number of aryl methyl sites for hydroxylation is 1. The van der Waals surface area contributed by atoms with Crippen molar-refractivity contribution in [3.8, 4) is 5.75 Å². The van der Waals surface area contributed by atoms with Crippen LogP contribution in [0.4, 0.5) is 0 Å². The number of ether oxygens (including phenoxy) is 1. The minimum Gasteiger partial charge on any atom is -0.481 e. The average Bonchev–Trinajstić information content (AvgIpc) is 3.01. The zero-order valence-corrected chi connectivity index (χ0v) is 15.4. The first-order valence-electron chi connectivity index (χ1n) is 8.97. The molecule has 1 heterocycles. The summed E-state index contributed by atoms with van der Waals surface area (Å²) in [7, 11) is 0. The molecule has 0 radical (unpaired) electrons. The third-order valence-electron chi connectivity index (χ3n) is 4.81. The highest BCUT2D eigenvalue weighted by atomic mass is 16.5. The molecule has 0 spiro atoms. The van der Waals surface area contributed by atoms with Crippen LogP contribution in [0.15, 0.2) is 60.7 Å². The second kappa shape index (κ2) is 7.19. The molecule has 0 aliphatic rings. The first kappa shape index (κ1) is 17.8. The Morgan fingerprint density at radius 2 is 1.75 bits per heavy atom. The Balaban J connectivity index is 1.99. The summed E-state index contributed by atoms with van der Waals surface area (Å²) in [6.45, 7) is 2.25. The fourth-order valence-corrected chi connectivity index (χ4v) is 3.70. The SMILES string of the molecule is Cc1cccc(Cn2c3cccc(C=O)c3c3c(OCC(=O)O)cccc32)c1. The third-order valence-corrected chi connectivity index (χ3v) is 4.81. The minimum atomic E-state index is -1.05. The van der Waals surface area contributed by atoms with Crippen LogP contribution in [0.2, 0.25) is 0 Å². The molecule has 1 aromatic heterocycles. The number of fused-ring (bicyclic) bond motifs is 3. The molecule has 0 atom stereocenters. The summed E-state index contributed by atoms with van der Waals surface area (Å²) >= 11 is 0. The Bertz CT molecular complexity index is 1210. The van der Waals surface area contributed by atoms with Crippen molar-refractivity contribution in [3.63, 3.8) is 0 Å². The lowest BCUT2D eigenvalue weighted by molar-refractivity contribution is -0.139. The van der Waals surface area contributed by atoms with Crippen LogP contribution in [-0.2, 0) is 11.3 Å². The van der Waals surface area contributed by atoms with Gasteiger partial charge in [0.15, 0.2) is 12.9 Å². The van der Waals surface area contributed by atoms with E-state index in [1.807, 2.05) is 30.3 Å². The number of carbonyl (C=O) groups is 2. The molecule has 0 aliphatic carbocycles. The number of hydrogen-bond acceptors (Lipinski definition) is 3. The highest BCUT2D eigenvalue weighted by molar-refractivity contribution is 6.17. The number of carboxylic acid groups (broad SMARTS) is 1. The summed E-state index contributed by atoms with van der Waals surface area (Å²) < 4.78 is 7.68. The molecule has 4 aromatic rings. The number of benzene rings is 3. The number of aliphatic carboxylic acids is 1. The quantitative estimate of drug-likeness (QED) is 0.508. The number of rotatable bonds is 6. The van der Waals surface area contributed by atoms with E-state index >= 15 is 0 Å². The summed E-state index contributed by atoms with van der Waals surface area (Å²) in [6, 6.07) is 19.4. The van der Waals surface area contributed by atoms with Crippen LogP contribution in [0.1, 0.15) is 21.5 Å². The molecular formula is C23H19NO4. The molecule has 28 heavy (non-hydrogen) atoms. The monoisotopic (exact) mass is 373 g/mol. The van der Waals surface area contributed by atoms with Crippen LogP contribution < -0.4 is 4.74 Å². The average molecular weight is 373 g/mol. The molecule has 0 fully saturated rings. The topological polar surface area (TPSA) is 68.5 Å².